The highest BCUT2D eigenvalue weighted by atomic mass is 16.5. The predicted octanol–water partition coefficient (Wildman–Crippen LogP) is 3.73. The summed E-state index contributed by atoms with van der Waals surface area (Å²) >= 11 is 0. The maximum absolute atomic E-state index is 6.05. The number of nitrogen functional groups attached to an aromatic ring is 1. The van der Waals surface area contributed by atoms with Crippen LogP contribution in [0.15, 0.2) is 18.5 Å². The first-order valence-corrected chi connectivity index (χ1v) is 6.88. The molecule has 4 nitrogen and oxygen atoms in total. The van der Waals surface area contributed by atoms with Gasteiger partial charge in [-0.1, -0.05) is 25.5 Å². The fourth-order valence-electron chi connectivity index (χ4n) is 2.16. The van der Waals surface area contributed by atoms with Gasteiger partial charge in [-0.25, -0.2) is 9.97 Å². The Morgan fingerprint density at radius 3 is 2.50 bits per heavy atom. The highest BCUT2D eigenvalue weighted by Crippen LogP contribution is 2.32. The minimum absolute atomic E-state index is 0.500. The quantitative estimate of drug-likeness (QED) is 0.920. The summed E-state index contributed by atoms with van der Waals surface area (Å²) in [6.45, 7) is 8.26. The SMILES string of the molecule is CCCc1c(N)ncnc1Oc1c(C)ccc(C)c1C. The van der Waals surface area contributed by atoms with Crippen molar-refractivity contribution in [3.63, 3.8) is 0 Å². The van der Waals surface area contributed by atoms with Crippen molar-refractivity contribution in [1.29, 1.82) is 0 Å². The van der Waals surface area contributed by atoms with Crippen molar-refractivity contribution >= 4 is 5.82 Å². The normalized spacial score (nSPS) is 10.6. The third kappa shape index (κ3) is 2.74. The molecule has 106 valence electrons. The number of nitrogens with zero attached hydrogens (tertiary/aromatic N) is 2. The summed E-state index contributed by atoms with van der Waals surface area (Å²) < 4.78 is 6.05. The number of benzene rings is 1. The third-order valence-electron chi connectivity index (χ3n) is 3.51. The van der Waals surface area contributed by atoms with Crippen LogP contribution in [0.3, 0.4) is 0 Å². The highest BCUT2D eigenvalue weighted by Gasteiger charge is 2.14. The molecule has 0 atom stereocenters. The van der Waals surface area contributed by atoms with Crippen LogP contribution in [0.5, 0.6) is 11.6 Å². The minimum atomic E-state index is 0.500. The van der Waals surface area contributed by atoms with Gasteiger partial charge >= 0.3 is 0 Å². The van der Waals surface area contributed by atoms with Gasteiger partial charge in [-0.15, -0.1) is 0 Å². The Kier molecular flexibility index (Phi) is 4.23. The molecule has 0 spiro atoms. The van der Waals surface area contributed by atoms with E-state index in [1.165, 1.54) is 11.9 Å². The fourth-order valence-corrected chi connectivity index (χ4v) is 2.16. The molecule has 2 rings (SSSR count). The maximum atomic E-state index is 6.05. The second-order valence-corrected chi connectivity index (χ2v) is 5.05. The van der Waals surface area contributed by atoms with Crippen LogP contribution in [0.1, 0.15) is 35.6 Å². The van der Waals surface area contributed by atoms with E-state index in [4.69, 9.17) is 10.5 Å². The first-order valence-electron chi connectivity index (χ1n) is 6.88. The van der Waals surface area contributed by atoms with Crippen molar-refractivity contribution < 1.29 is 4.74 Å². The largest absolute Gasteiger partial charge is 0.438 e. The number of aromatic nitrogens is 2. The molecule has 0 fully saturated rings. The minimum Gasteiger partial charge on any atom is -0.438 e. The molecule has 1 heterocycles. The number of hydrogen-bond donors (Lipinski definition) is 1. The first kappa shape index (κ1) is 14.3. The summed E-state index contributed by atoms with van der Waals surface area (Å²) in [4.78, 5) is 8.30. The third-order valence-corrected chi connectivity index (χ3v) is 3.51. The van der Waals surface area contributed by atoms with Crippen LogP contribution < -0.4 is 10.5 Å². The van der Waals surface area contributed by atoms with Gasteiger partial charge in [-0.2, -0.15) is 0 Å². The summed E-state index contributed by atoms with van der Waals surface area (Å²) in [5.41, 5.74) is 10.2. The Morgan fingerprint density at radius 2 is 1.80 bits per heavy atom. The van der Waals surface area contributed by atoms with Crippen molar-refractivity contribution in [2.45, 2.75) is 40.5 Å². The first-order chi connectivity index (χ1) is 9.54. The second kappa shape index (κ2) is 5.90. The van der Waals surface area contributed by atoms with Crippen molar-refractivity contribution in [2.75, 3.05) is 5.73 Å². The van der Waals surface area contributed by atoms with Crippen LogP contribution in [0, 0.1) is 20.8 Å². The van der Waals surface area contributed by atoms with Crippen molar-refractivity contribution in [3.8, 4) is 11.6 Å². The van der Waals surface area contributed by atoms with Gasteiger partial charge < -0.3 is 10.5 Å². The molecule has 1 aromatic heterocycles. The van der Waals surface area contributed by atoms with E-state index in [9.17, 15) is 0 Å². The zero-order chi connectivity index (χ0) is 14.7. The molecular formula is C16H21N3O. The van der Waals surface area contributed by atoms with Gasteiger partial charge in [0.25, 0.3) is 0 Å². The Labute approximate surface area is 120 Å². The molecule has 0 aliphatic heterocycles. The predicted molar refractivity (Wildman–Crippen MR) is 81.2 cm³/mol. The molecule has 0 saturated carbocycles. The topological polar surface area (TPSA) is 61.0 Å². The van der Waals surface area contributed by atoms with Crippen LogP contribution >= 0.6 is 0 Å². The summed E-state index contributed by atoms with van der Waals surface area (Å²) in [5.74, 6) is 1.93. The smallest absolute Gasteiger partial charge is 0.227 e. The molecular weight excluding hydrogens is 250 g/mol. The lowest BCUT2D eigenvalue weighted by Gasteiger charge is -2.15. The second-order valence-electron chi connectivity index (χ2n) is 5.05. The number of ether oxygens (including phenoxy) is 1. The molecule has 20 heavy (non-hydrogen) atoms. The summed E-state index contributed by atoms with van der Waals surface area (Å²) in [7, 11) is 0. The van der Waals surface area contributed by atoms with Crippen molar-refractivity contribution in [1.82, 2.24) is 9.97 Å². The van der Waals surface area contributed by atoms with Gasteiger partial charge in [0.15, 0.2) is 0 Å². The number of aryl methyl sites for hydroxylation is 2. The standard InChI is InChI=1S/C16H21N3O/c1-5-6-13-15(17)18-9-19-16(13)20-14-11(3)8-7-10(2)12(14)4/h7-9H,5-6H2,1-4H3,(H2,17,18,19). The van der Waals surface area contributed by atoms with E-state index in [-0.39, 0.29) is 0 Å². The zero-order valence-corrected chi connectivity index (χ0v) is 12.5. The van der Waals surface area contributed by atoms with Crippen LogP contribution in [0.2, 0.25) is 0 Å². The van der Waals surface area contributed by atoms with Gasteiger partial charge in [0.2, 0.25) is 5.88 Å². The molecule has 2 aromatic rings. The van der Waals surface area contributed by atoms with Crippen molar-refractivity contribution in [3.05, 3.63) is 40.7 Å². The monoisotopic (exact) mass is 271 g/mol. The van der Waals surface area contributed by atoms with E-state index in [0.717, 1.165) is 35.3 Å². The Hall–Kier alpha value is -2.10. The van der Waals surface area contributed by atoms with Crippen molar-refractivity contribution in [2.24, 2.45) is 0 Å². The number of nitrogens with two attached hydrogens (primary N) is 1. The summed E-state index contributed by atoms with van der Waals surface area (Å²) in [6, 6.07) is 4.15. The lowest BCUT2D eigenvalue weighted by atomic mass is 10.1. The van der Waals surface area contributed by atoms with E-state index in [1.54, 1.807) is 0 Å². The molecule has 0 bridgehead atoms. The average Bonchev–Trinajstić information content (AvgIpc) is 2.43. The van der Waals surface area contributed by atoms with Gasteiger partial charge in [0.05, 0.1) is 5.56 Å². The fraction of sp³-hybridized carbons (Fsp3) is 0.375. The molecule has 0 amide bonds. The summed E-state index contributed by atoms with van der Waals surface area (Å²) in [6.07, 6.45) is 3.23. The number of rotatable bonds is 4. The molecule has 0 radical (unpaired) electrons. The Bertz CT molecular complexity index is 623. The Morgan fingerprint density at radius 1 is 1.10 bits per heavy atom. The molecule has 2 N–H and O–H groups in total. The lowest BCUT2D eigenvalue weighted by molar-refractivity contribution is 0.447. The molecule has 0 aliphatic carbocycles. The van der Waals surface area contributed by atoms with Gasteiger partial charge in [-0.3, -0.25) is 0 Å². The van der Waals surface area contributed by atoms with Crippen LogP contribution in [-0.2, 0) is 6.42 Å². The van der Waals surface area contributed by atoms with E-state index in [1.807, 2.05) is 6.92 Å². The van der Waals surface area contributed by atoms with Crippen LogP contribution in [0.25, 0.3) is 0 Å². The molecule has 1 aromatic carbocycles. The maximum Gasteiger partial charge on any atom is 0.227 e. The van der Waals surface area contributed by atoms with Crippen LogP contribution in [0.4, 0.5) is 5.82 Å². The summed E-state index contributed by atoms with van der Waals surface area (Å²) in [5, 5.41) is 0. The van der Waals surface area contributed by atoms with E-state index in [0.29, 0.717) is 11.7 Å². The van der Waals surface area contributed by atoms with E-state index < -0.39 is 0 Å². The van der Waals surface area contributed by atoms with Gasteiger partial charge in [0, 0.05) is 0 Å². The zero-order valence-electron chi connectivity index (χ0n) is 12.5. The Balaban J connectivity index is 2.45. The lowest BCUT2D eigenvalue weighted by Crippen LogP contribution is -2.04. The number of hydrogen-bond acceptors (Lipinski definition) is 4. The molecule has 0 saturated heterocycles. The van der Waals surface area contributed by atoms with E-state index >= 15 is 0 Å². The molecule has 0 unspecified atom stereocenters. The molecule has 0 aliphatic rings. The van der Waals surface area contributed by atoms with Gasteiger partial charge in [0.1, 0.15) is 17.9 Å². The van der Waals surface area contributed by atoms with E-state index in [2.05, 4.69) is 42.9 Å². The average molecular weight is 271 g/mol. The van der Waals surface area contributed by atoms with Crippen LogP contribution in [-0.4, -0.2) is 9.97 Å². The molecule has 4 heteroatoms. The number of anilines is 1. The van der Waals surface area contributed by atoms with Gasteiger partial charge in [-0.05, 0) is 43.9 Å². The highest BCUT2D eigenvalue weighted by molar-refractivity contribution is 5.50.